The third-order valence-electron chi connectivity index (χ3n) is 1.66. The van der Waals surface area contributed by atoms with E-state index in [1.165, 1.54) is 0 Å². The number of terminal acetylenes is 1. The van der Waals surface area contributed by atoms with Gasteiger partial charge in [0.25, 0.3) is 0 Å². The Hall–Kier alpha value is -1.46. The molecule has 0 unspecified atom stereocenters. The molecule has 13 heavy (non-hydrogen) atoms. The van der Waals surface area contributed by atoms with E-state index >= 15 is 0 Å². The Morgan fingerprint density at radius 3 is 3.15 bits per heavy atom. The molecule has 0 aliphatic rings. The van der Waals surface area contributed by atoms with E-state index in [1.807, 2.05) is 6.07 Å². The topological polar surface area (TPSA) is 22.4 Å². The summed E-state index contributed by atoms with van der Waals surface area (Å²) in [6.45, 7) is 3.97. The lowest BCUT2D eigenvalue weighted by atomic mass is 10.1. The maximum atomic E-state index is 5.41. The third-order valence-corrected chi connectivity index (χ3v) is 1.66. The van der Waals surface area contributed by atoms with Gasteiger partial charge < -0.3 is 9.15 Å². The van der Waals surface area contributed by atoms with Crippen LogP contribution in [0.4, 0.5) is 0 Å². The highest BCUT2D eigenvalue weighted by molar-refractivity contribution is 5.10. The minimum atomic E-state index is -0.0349. The van der Waals surface area contributed by atoms with E-state index in [1.54, 1.807) is 18.6 Å². The standard InChI is InChI=1S/C11H12O2/c1-3-5-11(13-7-4-2)10-6-8-12-9-10/h2-3,6,8-9,11H,1,5,7H2/t11-/m1/s1. The molecule has 0 fully saturated rings. The molecule has 1 rings (SSSR count). The first-order valence-electron chi connectivity index (χ1n) is 4.06. The van der Waals surface area contributed by atoms with Crippen LogP contribution in [0.3, 0.4) is 0 Å². The largest absolute Gasteiger partial charge is 0.472 e. The molecule has 1 heterocycles. The van der Waals surface area contributed by atoms with Gasteiger partial charge in [-0.25, -0.2) is 0 Å². The Labute approximate surface area is 78.2 Å². The van der Waals surface area contributed by atoms with Crippen LogP contribution in [0.2, 0.25) is 0 Å². The van der Waals surface area contributed by atoms with Crippen molar-refractivity contribution in [3.63, 3.8) is 0 Å². The van der Waals surface area contributed by atoms with Gasteiger partial charge in [0.05, 0.1) is 18.6 Å². The second kappa shape index (κ2) is 5.23. The monoisotopic (exact) mass is 176 g/mol. The van der Waals surface area contributed by atoms with Crippen LogP contribution >= 0.6 is 0 Å². The summed E-state index contributed by atoms with van der Waals surface area (Å²) in [6.07, 6.45) is 10.9. The SMILES string of the molecule is C#CCO[C@H](CC=C)c1ccoc1. The number of rotatable bonds is 5. The predicted molar refractivity (Wildman–Crippen MR) is 51.0 cm³/mol. The van der Waals surface area contributed by atoms with Crippen molar-refractivity contribution in [1.82, 2.24) is 0 Å². The van der Waals surface area contributed by atoms with Crippen LogP contribution in [0.1, 0.15) is 18.1 Å². The molecule has 1 atom stereocenters. The van der Waals surface area contributed by atoms with Crippen molar-refractivity contribution in [2.45, 2.75) is 12.5 Å². The van der Waals surface area contributed by atoms with E-state index in [0.717, 1.165) is 12.0 Å². The zero-order chi connectivity index (χ0) is 9.52. The first-order chi connectivity index (χ1) is 6.38. The van der Waals surface area contributed by atoms with Crippen molar-refractivity contribution in [1.29, 1.82) is 0 Å². The van der Waals surface area contributed by atoms with Crippen molar-refractivity contribution in [3.8, 4) is 12.3 Å². The van der Waals surface area contributed by atoms with Gasteiger partial charge in [0.15, 0.2) is 0 Å². The minimum Gasteiger partial charge on any atom is -0.472 e. The maximum absolute atomic E-state index is 5.41. The first kappa shape index (κ1) is 9.63. The molecule has 0 aliphatic heterocycles. The lowest BCUT2D eigenvalue weighted by molar-refractivity contribution is 0.0799. The van der Waals surface area contributed by atoms with Crippen LogP contribution in [-0.4, -0.2) is 6.61 Å². The molecule has 1 aromatic heterocycles. The molecule has 1 aromatic rings. The van der Waals surface area contributed by atoms with Gasteiger partial charge in [-0.3, -0.25) is 0 Å². The van der Waals surface area contributed by atoms with Crippen LogP contribution in [0.25, 0.3) is 0 Å². The van der Waals surface area contributed by atoms with Gasteiger partial charge in [0.1, 0.15) is 6.61 Å². The van der Waals surface area contributed by atoms with Crippen molar-refractivity contribution >= 4 is 0 Å². The van der Waals surface area contributed by atoms with Gasteiger partial charge in [-0.05, 0) is 12.5 Å². The Kier molecular flexibility index (Phi) is 3.87. The van der Waals surface area contributed by atoms with Crippen molar-refractivity contribution < 1.29 is 9.15 Å². The van der Waals surface area contributed by atoms with E-state index in [0.29, 0.717) is 6.61 Å². The summed E-state index contributed by atoms with van der Waals surface area (Å²) in [7, 11) is 0. The normalized spacial score (nSPS) is 11.9. The predicted octanol–water partition coefficient (Wildman–Crippen LogP) is 2.55. The number of hydrogen-bond acceptors (Lipinski definition) is 2. The molecule has 0 aliphatic carbocycles. The fourth-order valence-corrected chi connectivity index (χ4v) is 1.06. The molecule has 2 heteroatoms. The van der Waals surface area contributed by atoms with Gasteiger partial charge in [-0.1, -0.05) is 12.0 Å². The summed E-state index contributed by atoms with van der Waals surface area (Å²) in [4.78, 5) is 0. The van der Waals surface area contributed by atoms with Crippen LogP contribution in [0, 0.1) is 12.3 Å². The maximum Gasteiger partial charge on any atom is 0.108 e. The smallest absolute Gasteiger partial charge is 0.108 e. The summed E-state index contributed by atoms with van der Waals surface area (Å²) in [6, 6.07) is 1.87. The number of ether oxygens (including phenoxy) is 1. The lowest BCUT2D eigenvalue weighted by Crippen LogP contribution is -2.02. The van der Waals surface area contributed by atoms with Crippen LogP contribution in [0.15, 0.2) is 35.7 Å². The Morgan fingerprint density at radius 1 is 1.77 bits per heavy atom. The van der Waals surface area contributed by atoms with E-state index in [-0.39, 0.29) is 6.10 Å². The molecule has 0 aromatic carbocycles. The summed E-state index contributed by atoms with van der Waals surface area (Å²) >= 11 is 0. The average molecular weight is 176 g/mol. The summed E-state index contributed by atoms with van der Waals surface area (Å²) in [5.74, 6) is 2.43. The lowest BCUT2D eigenvalue weighted by Gasteiger charge is -2.11. The van der Waals surface area contributed by atoms with Crippen LogP contribution in [-0.2, 0) is 4.74 Å². The molecule has 0 bridgehead atoms. The zero-order valence-electron chi connectivity index (χ0n) is 7.40. The van der Waals surface area contributed by atoms with Gasteiger partial charge in [0, 0.05) is 5.56 Å². The quantitative estimate of drug-likeness (QED) is 0.508. The molecule has 0 saturated heterocycles. The van der Waals surface area contributed by atoms with Crippen molar-refractivity contribution in [2.75, 3.05) is 6.61 Å². The van der Waals surface area contributed by atoms with E-state index in [2.05, 4.69) is 12.5 Å². The molecule has 0 saturated carbocycles. The van der Waals surface area contributed by atoms with Gasteiger partial charge >= 0.3 is 0 Å². The second-order valence-electron chi connectivity index (χ2n) is 2.58. The van der Waals surface area contributed by atoms with Gasteiger partial charge in [0.2, 0.25) is 0 Å². The summed E-state index contributed by atoms with van der Waals surface area (Å²) in [5.41, 5.74) is 0.996. The molecule has 68 valence electrons. The molecular weight excluding hydrogens is 164 g/mol. The highest BCUT2D eigenvalue weighted by Gasteiger charge is 2.10. The van der Waals surface area contributed by atoms with Gasteiger partial charge in [-0.15, -0.1) is 13.0 Å². The van der Waals surface area contributed by atoms with E-state index in [4.69, 9.17) is 15.6 Å². The fraction of sp³-hybridized carbons (Fsp3) is 0.273. The van der Waals surface area contributed by atoms with E-state index < -0.39 is 0 Å². The van der Waals surface area contributed by atoms with Crippen molar-refractivity contribution in [3.05, 3.63) is 36.8 Å². The Bertz CT molecular complexity index is 280. The molecule has 2 nitrogen and oxygen atoms in total. The zero-order valence-corrected chi connectivity index (χ0v) is 7.40. The summed E-state index contributed by atoms with van der Waals surface area (Å²) < 4.78 is 10.4. The Morgan fingerprint density at radius 2 is 2.62 bits per heavy atom. The van der Waals surface area contributed by atoms with Gasteiger partial charge in [-0.2, -0.15) is 0 Å². The highest BCUT2D eigenvalue weighted by Crippen LogP contribution is 2.21. The Balaban J connectivity index is 2.58. The molecule has 0 radical (unpaired) electrons. The van der Waals surface area contributed by atoms with Crippen LogP contribution in [0.5, 0.6) is 0 Å². The van der Waals surface area contributed by atoms with Crippen LogP contribution < -0.4 is 0 Å². The minimum absolute atomic E-state index is 0.0349. The third kappa shape index (κ3) is 2.81. The molecule has 0 N–H and O–H groups in total. The van der Waals surface area contributed by atoms with E-state index in [9.17, 15) is 0 Å². The molecule has 0 amide bonds. The highest BCUT2D eigenvalue weighted by atomic mass is 16.5. The molecular formula is C11H12O2. The average Bonchev–Trinajstić information content (AvgIpc) is 2.65. The van der Waals surface area contributed by atoms with Crippen molar-refractivity contribution in [2.24, 2.45) is 0 Å². The molecule has 0 spiro atoms. The number of furan rings is 1. The first-order valence-corrected chi connectivity index (χ1v) is 4.06. The second-order valence-corrected chi connectivity index (χ2v) is 2.58. The number of hydrogen-bond donors (Lipinski definition) is 0. The fourth-order valence-electron chi connectivity index (χ4n) is 1.06. The summed E-state index contributed by atoms with van der Waals surface area (Å²) in [5, 5.41) is 0.